The predicted octanol–water partition coefficient (Wildman–Crippen LogP) is 3.25. The average Bonchev–Trinajstić information content (AvgIpc) is 2.84. The van der Waals surface area contributed by atoms with Gasteiger partial charge in [0.1, 0.15) is 11.6 Å². The number of anilines is 2. The second kappa shape index (κ2) is 11.0. The van der Waals surface area contributed by atoms with Gasteiger partial charge in [-0.25, -0.2) is 22.7 Å². The smallest absolute Gasteiger partial charge is 0.229 e. The van der Waals surface area contributed by atoms with Gasteiger partial charge in [0.15, 0.2) is 0 Å². The number of hydrogen-bond donors (Lipinski definition) is 2. The maximum absolute atomic E-state index is 12.8. The molecule has 2 aliphatic rings. The first kappa shape index (κ1) is 24.8. The Morgan fingerprint density at radius 3 is 2.79 bits per heavy atom. The van der Waals surface area contributed by atoms with Crippen LogP contribution in [0.25, 0.3) is 11.3 Å². The average molecular weight is 508 g/mol. The molecule has 0 spiro atoms. The molecule has 2 aromatic rings. The molecule has 2 saturated heterocycles. The van der Waals surface area contributed by atoms with E-state index in [0.717, 1.165) is 38.4 Å². The standard InChI is InChI=1S/C23H30ClN5O4S/c1-34(31,32)29-9-3-4-17(15-29)23(30)28-22-12-18(19(24)14-26-22)20-5-2-6-21(27-20)25-13-16-7-10-33-11-8-16/h2,5-6,12,14,16-17H,3-4,7-11,13,15H2,1H3,(H,25,27)(H,26,28,30)/t17-/m1/s1. The first-order chi connectivity index (χ1) is 16.3. The number of carbonyl (C=O) groups excluding carboxylic acids is 1. The van der Waals surface area contributed by atoms with Crippen molar-refractivity contribution in [3.8, 4) is 11.3 Å². The van der Waals surface area contributed by atoms with Gasteiger partial charge in [-0.05, 0) is 49.8 Å². The number of carbonyl (C=O) groups is 1. The van der Waals surface area contributed by atoms with Crippen LogP contribution >= 0.6 is 11.6 Å². The molecule has 0 aliphatic carbocycles. The van der Waals surface area contributed by atoms with Gasteiger partial charge in [-0.15, -0.1) is 0 Å². The molecule has 2 fully saturated rings. The van der Waals surface area contributed by atoms with Crippen LogP contribution in [0.3, 0.4) is 0 Å². The monoisotopic (exact) mass is 507 g/mol. The number of amides is 1. The summed E-state index contributed by atoms with van der Waals surface area (Å²) in [7, 11) is -3.33. The van der Waals surface area contributed by atoms with Gasteiger partial charge in [-0.3, -0.25) is 4.79 Å². The zero-order chi connectivity index (χ0) is 24.1. The maximum Gasteiger partial charge on any atom is 0.229 e. The van der Waals surface area contributed by atoms with Gasteiger partial charge in [0, 0.05) is 44.6 Å². The third kappa shape index (κ3) is 6.44. The van der Waals surface area contributed by atoms with Crippen molar-refractivity contribution in [2.45, 2.75) is 25.7 Å². The molecule has 2 aromatic heterocycles. The molecule has 0 radical (unpaired) electrons. The number of nitrogens with zero attached hydrogens (tertiary/aromatic N) is 3. The summed E-state index contributed by atoms with van der Waals surface area (Å²) in [6.45, 7) is 3.04. The molecular weight excluding hydrogens is 478 g/mol. The molecule has 1 amide bonds. The van der Waals surface area contributed by atoms with Crippen LogP contribution in [0, 0.1) is 11.8 Å². The fraction of sp³-hybridized carbons (Fsp3) is 0.522. The lowest BCUT2D eigenvalue weighted by atomic mass is 9.99. The van der Waals surface area contributed by atoms with E-state index < -0.39 is 15.9 Å². The van der Waals surface area contributed by atoms with Crippen molar-refractivity contribution in [3.63, 3.8) is 0 Å². The van der Waals surface area contributed by atoms with Crippen LogP contribution < -0.4 is 10.6 Å². The van der Waals surface area contributed by atoms with Crippen molar-refractivity contribution >= 4 is 39.2 Å². The SMILES string of the molecule is CS(=O)(=O)N1CCC[C@@H](C(=O)Nc2cc(-c3cccc(NCC4CCOCC4)n3)c(Cl)cn2)C1. The van der Waals surface area contributed by atoms with E-state index in [4.69, 9.17) is 21.3 Å². The van der Waals surface area contributed by atoms with Crippen molar-refractivity contribution in [1.29, 1.82) is 0 Å². The highest BCUT2D eigenvalue weighted by atomic mass is 35.5. The minimum Gasteiger partial charge on any atom is -0.381 e. The fourth-order valence-corrected chi connectivity index (χ4v) is 5.38. The molecule has 2 N–H and O–H groups in total. The van der Waals surface area contributed by atoms with Crippen LogP contribution in [0.5, 0.6) is 0 Å². The molecular formula is C23H30ClN5O4S. The predicted molar refractivity (Wildman–Crippen MR) is 132 cm³/mol. The molecule has 184 valence electrons. The largest absolute Gasteiger partial charge is 0.381 e. The molecule has 9 nitrogen and oxygen atoms in total. The van der Waals surface area contributed by atoms with Gasteiger partial charge < -0.3 is 15.4 Å². The molecule has 1 atom stereocenters. The topological polar surface area (TPSA) is 114 Å². The van der Waals surface area contributed by atoms with E-state index in [0.29, 0.717) is 47.4 Å². The van der Waals surface area contributed by atoms with Gasteiger partial charge in [-0.1, -0.05) is 17.7 Å². The zero-order valence-electron chi connectivity index (χ0n) is 19.2. The van der Waals surface area contributed by atoms with Crippen LogP contribution in [-0.2, 0) is 19.6 Å². The van der Waals surface area contributed by atoms with E-state index in [2.05, 4.69) is 15.6 Å². The second-order valence-corrected chi connectivity index (χ2v) is 11.2. The molecule has 0 saturated carbocycles. The quantitative estimate of drug-likeness (QED) is 0.591. The maximum atomic E-state index is 12.8. The highest BCUT2D eigenvalue weighted by Crippen LogP contribution is 2.29. The Hall–Kier alpha value is -2.27. The molecule has 0 aromatic carbocycles. The summed E-state index contributed by atoms with van der Waals surface area (Å²) in [6, 6.07) is 7.38. The number of ether oxygens (including phenoxy) is 1. The fourth-order valence-electron chi connectivity index (χ4n) is 4.27. The Morgan fingerprint density at radius 1 is 1.24 bits per heavy atom. The Kier molecular flexibility index (Phi) is 8.02. The molecule has 11 heteroatoms. The van der Waals surface area contributed by atoms with E-state index in [1.165, 1.54) is 16.8 Å². The normalized spacial score (nSPS) is 20.1. The highest BCUT2D eigenvalue weighted by molar-refractivity contribution is 7.88. The molecule has 0 bridgehead atoms. The highest BCUT2D eigenvalue weighted by Gasteiger charge is 2.30. The van der Waals surface area contributed by atoms with E-state index >= 15 is 0 Å². The number of sulfonamides is 1. The first-order valence-electron chi connectivity index (χ1n) is 11.5. The summed E-state index contributed by atoms with van der Waals surface area (Å²) in [5.41, 5.74) is 1.32. The summed E-state index contributed by atoms with van der Waals surface area (Å²) in [6.07, 6.45) is 5.99. The first-order valence-corrected chi connectivity index (χ1v) is 13.7. The molecule has 2 aliphatic heterocycles. The molecule has 4 rings (SSSR count). The number of hydrogen-bond acceptors (Lipinski definition) is 7. The van der Waals surface area contributed by atoms with Gasteiger partial charge in [0.05, 0.1) is 22.9 Å². The minimum absolute atomic E-state index is 0.174. The molecule has 0 unspecified atom stereocenters. The van der Waals surface area contributed by atoms with Crippen LogP contribution in [0.2, 0.25) is 5.02 Å². The molecule has 34 heavy (non-hydrogen) atoms. The minimum atomic E-state index is -3.33. The van der Waals surface area contributed by atoms with E-state index in [9.17, 15) is 13.2 Å². The van der Waals surface area contributed by atoms with Crippen molar-refractivity contribution in [2.75, 3.05) is 49.7 Å². The van der Waals surface area contributed by atoms with Crippen molar-refractivity contribution in [3.05, 3.63) is 35.5 Å². The Balaban J connectivity index is 1.44. The summed E-state index contributed by atoms with van der Waals surface area (Å²) in [4.78, 5) is 21.8. The molecule has 4 heterocycles. The lowest BCUT2D eigenvalue weighted by molar-refractivity contribution is -0.120. The summed E-state index contributed by atoms with van der Waals surface area (Å²) < 4.78 is 30.5. The third-order valence-electron chi connectivity index (χ3n) is 6.27. The second-order valence-electron chi connectivity index (χ2n) is 8.84. The van der Waals surface area contributed by atoms with Gasteiger partial charge >= 0.3 is 0 Å². The van der Waals surface area contributed by atoms with Gasteiger partial charge in [0.2, 0.25) is 15.9 Å². The number of nitrogens with one attached hydrogen (secondary N) is 2. The third-order valence-corrected chi connectivity index (χ3v) is 7.84. The zero-order valence-corrected chi connectivity index (χ0v) is 20.7. The van der Waals surface area contributed by atoms with Crippen molar-refractivity contribution in [2.24, 2.45) is 11.8 Å². The van der Waals surface area contributed by atoms with Gasteiger partial charge in [-0.2, -0.15) is 0 Å². The summed E-state index contributed by atoms with van der Waals surface area (Å²) in [5, 5.41) is 6.64. The number of halogens is 1. The number of pyridine rings is 2. The van der Waals surface area contributed by atoms with Crippen LogP contribution in [0.15, 0.2) is 30.5 Å². The van der Waals surface area contributed by atoms with Crippen molar-refractivity contribution < 1.29 is 17.9 Å². The number of aromatic nitrogens is 2. The summed E-state index contributed by atoms with van der Waals surface area (Å²) in [5.74, 6) is 0.979. The van der Waals surface area contributed by atoms with E-state index in [1.807, 2.05) is 18.2 Å². The number of rotatable bonds is 7. The lowest BCUT2D eigenvalue weighted by Crippen LogP contribution is -2.43. The Morgan fingerprint density at radius 2 is 2.03 bits per heavy atom. The number of piperidine rings is 1. The Labute approximate surface area is 205 Å². The van der Waals surface area contributed by atoms with Gasteiger partial charge in [0.25, 0.3) is 0 Å². The van der Waals surface area contributed by atoms with Crippen LogP contribution in [-0.4, -0.2) is 67.7 Å². The van der Waals surface area contributed by atoms with Crippen LogP contribution in [0.1, 0.15) is 25.7 Å². The summed E-state index contributed by atoms with van der Waals surface area (Å²) >= 11 is 6.41. The van der Waals surface area contributed by atoms with Crippen molar-refractivity contribution in [1.82, 2.24) is 14.3 Å². The Bertz CT molecular complexity index is 1120. The van der Waals surface area contributed by atoms with E-state index in [-0.39, 0.29) is 12.5 Å². The van der Waals surface area contributed by atoms with Crippen LogP contribution in [0.4, 0.5) is 11.6 Å². The lowest BCUT2D eigenvalue weighted by Gasteiger charge is -2.30. The van der Waals surface area contributed by atoms with E-state index in [1.54, 1.807) is 6.07 Å².